The normalized spacial score (nSPS) is 20.1. The summed E-state index contributed by atoms with van der Waals surface area (Å²) in [5, 5.41) is 10.5. The molecule has 2 nitrogen and oxygen atoms in total. The maximum atomic E-state index is 13.1. The third-order valence-corrected chi connectivity index (χ3v) is 3.18. The van der Waals surface area contributed by atoms with Crippen LogP contribution in [0.1, 0.15) is 38.2 Å². The summed E-state index contributed by atoms with van der Waals surface area (Å²) in [6.45, 7) is 1.71. The number of allylic oxidation sites excluding steroid dienone is 1. The van der Waals surface area contributed by atoms with Crippen LogP contribution in [0.15, 0.2) is 30.1 Å². The van der Waals surface area contributed by atoms with Crippen molar-refractivity contribution in [1.29, 1.82) is 0 Å². The molecule has 0 aromatic carbocycles. The fourth-order valence-corrected chi connectivity index (χ4v) is 2.14. The molecule has 1 unspecified atom stereocenters. The SMILES string of the molecule is CC(O)(C1=CCCCC1)c1cncc(F)c1. The molecule has 86 valence electrons. The molecule has 3 heteroatoms. The van der Waals surface area contributed by atoms with Gasteiger partial charge in [-0.05, 0) is 44.2 Å². The molecular weight excluding hydrogens is 205 g/mol. The molecule has 1 aliphatic carbocycles. The maximum absolute atomic E-state index is 13.1. The van der Waals surface area contributed by atoms with E-state index in [1.54, 1.807) is 6.92 Å². The van der Waals surface area contributed by atoms with E-state index in [0.29, 0.717) is 5.56 Å². The van der Waals surface area contributed by atoms with Crippen LogP contribution in [0.2, 0.25) is 0 Å². The van der Waals surface area contributed by atoms with Gasteiger partial charge in [0.1, 0.15) is 11.4 Å². The second-order valence-electron chi connectivity index (χ2n) is 4.44. The number of hydrogen-bond donors (Lipinski definition) is 1. The van der Waals surface area contributed by atoms with Gasteiger partial charge < -0.3 is 5.11 Å². The minimum absolute atomic E-state index is 0.408. The summed E-state index contributed by atoms with van der Waals surface area (Å²) < 4.78 is 13.1. The monoisotopic (exact) mass is 221 g/mol. The van der Waals surface area contributed by atoms with Crippen molar-refractivity contribution in [1.82, 2.24) is 4.98 Å². The van der Waals surface area contributed by atoms with Crippen LogP contribution >= 0.6 is 0 Å². The van der Waals surface area contributed by atoms with Gasteiger partial charge >= 0.3 is 0 Å². The quantitative estimate of drug-likeness (QED) is 0.779. The Bertz CT molecular complexity index is 412. The van der Waals surface area contributed by atoms with Crippen molar-refractivity contribution in [3.63, 3.8) is 0 Å². The first-order valence-corrected chi connectivity index (χ1v) is 5.63. The van der Waals surface area contributed by atoms with Gasteiger partial charge in [-0.1, -0.05) is 6.08 Å². The average Bonchev–Trinajstić information content (AvgIpc) is 2.30. The second kappa shape index (κ2) is 4.34. The van der Waals surface area contributed by atoms with Crippen LogP contribution in [0.4, 0.5) is 4.39 Å². The Kier molecular flexibility index (Phi) is 3.06. The lowest BCUT2D eigenvalue weighted by atomic mass is 9.83. The molecule has 0 aliphatic heterocycles. The molecule has 1 aromatic rings. The summed E-state index contributed by atoms with van der Waals surface area (Å²) >= 11 is 0. The fourth-order valence-electron chi connectivity index (χ4n) is 2.14. The summed E-state index contributed by atoms with van der Waals surface area (Å²) in [5.41, 5.74) is 0.419. The Morgan fingerprint density at radius 2 is 2.19 bits per heavy atom. The van der Waals surface area contributed by atoms with Gasteiger partial charge in [-0.2, -0.15) is 0 Å². The standard InChI is InChI=1S/C13H16FNO/c1-13(16,10-5-3-2-4-6-10)11-7-12(14)9-15-8-11/h5,7-9,16H,2-4,6H2,1H3. The van der Waals surface area contributed by atoms with E-state index in [2.05, 4.69) is 11.1 Å². The highest BCUT2D eigenvalue weighted by atomic mass is 19.1. The van der Waals surface area contributed by atoms with Crippen LogP contribution in [0.3, 0.4) is 0 Å². The number of aliphatic hydroxyl groups is 1. The van der Waals surface area contributed by atoms with Crippen molar-refractivity contribution in [2.45, 2.75) is 38.2 Å². The first kappa shape index (κ1) is 11.3. The molecule has 1 atom stereocenters. The summed E-state index contributed by atoms with van der Waals surface area (Å²) in [4.78, 5) is 3.78. The Morgan fingerprint density at radius 1 is 1.38 bits per heavy atom. The van der Waals surface area contributed by atoms with Gasteiger partial charge in [-0.25, -0.2) is 4.39 Å². The molecule has 16 heavy (non-hydrogen) atoms. The van der Waals surface area contributed by atoms with Gasteiger partial charge in [0.2, 0.25) is 0 Å². The van der Waals surface area contributed by atoms with Crippen molar-refractivity contribution in [2.75, 3.05) is 0 Å². The zero-order valence-corrected chi connectivity index (χ0v) is 9.41. The highest BCUT2D eigenvalue weighted by Gasteiger charge is 2.29. The zero-order chi connectivity index (χ0) is 11.6. The van der Waals surface area contributed by atoms with Gasteiger partial charge in [0, 0.05) is 11.8 Å². The third kappa shape index (κ3) is 2.14. The van der Waals surface area contributed by atoms with Crippen molar-refractivity contribution < 1.29 is 9.50 Å². The van der Waals surface area contributed by atoms with Gasteiger partial charge in [0.05, 0.1) is 6.20 Å². The highest BCUT2D eigenvalue weighted by molar-refractivity contribution is 5.30. The summed E-state index contributed by atoms with van der Waals surface area (Å²) in [6, 6.07) is 1.35. The molecule has 0 saturated carbocycles. The number of nitrogens with zero attached hydrogens (tertiary/aromatic N) is 1. The van der Waals surface area contributed by atoms with Crippen molar-refractivity contribution >= 4 is 0 Å². The third-order valence-electron chi connectivity index (χ3n) is 3.18. The zero-order valence-electron chi connectivity index (χ0n) is 9.41. The minimum atomic E-state index is -1.09. The average molecular weight is 221 g/mol. The van der Waals surface area contributed by atoms with Crippen LogP contribution in [0, 0.1) is 5.82 Å². The fraction of sp³-hybridized carbons (Fsp3) is 0.462. The number of rotatable bonds is 2. The molecule has 0 fully saturated rings. The summed E-state index contributed by atoms with van der Waals surface area (Å²) in [7, 11) is 0. The van der Waals surface area contributed by atoms with E-state index in [9.17, 15) is 9.50 Å². The molecule has 1 aliphatic rings. The summed E-state index contributed by atoms with van der Waals surface area (Å²) in [5.74, 6) is -0.408. The molecule has 1 aromatic heterocycles. The predicted octanol–water partition coefficient (Wildman–Crippen LogP) is 2.93. The molecule has 0 saturated heterocycles. The molecule has 1 heterocycles. The molecule has 2 rings (SSSR count). The lowest BCUT2D eigenvalue weighted by Crippen LogP contribution is -2.25. The Labute approximate surface area is 94.8 Å². The Morgan fingerprint density at radius 3 is 2.81 bits per heavy atom. The Balaban J connectivity index is 2.33. The van der Waals surface area contributed by atoms with E-state index < -0.39 is 11.4 Å². The number of halogens is 1. The van der Waals surface area contributed by atoms with Gasteiger partial charge in [0.15, 0.2) is 0 Å². The molecule has 0 spiro atoms. The number of aromatic nitrogens is 1. The van der Waals surface area contributed by atoms with Gasteiger partial charge in [-0.15, -0.1) is 0 Å². The van der Waals surface area contributed by atoms with E-state index in [1.165, 1.54) is 18.7 Å². The van der Waals surface area contributed by atoms with E-state index in [0.717, 1.165) is 31.0 Å². The number of hydrogen-bond acceptors (Lipinski definition) is 2. The van der Waals surface area contributed by atoms with E-state index in [1.807, 2.05) is 0 Å². The highest BCUT2D eigenvalue weighted by Crippen LogP contribution is 2.34. The molecule has 1 N–H and O–H groups in total. The smallest absolute Gasteiger partial charge is 0.141 e. The molecular formula is C13H16FNO. The first-order chi connectivity index (χ1) is 7.60. The van der Waals surface area contributed by atoms with E-state index in [4.69, 9.17) is 0 Å². The van der Waals surface area contributed by atoms with Crippen LogP contribution in [-0.2, 0) is 5.60 Å². The summed E-state index contributed by atoms with van der Waals surface area (Å²) in [6.07, 6.45) is 8.87. The van der Waals surface area contributed by atoms with E-state index in [-0.39, 0.29) is 0 Å². The van der Waals surface area contributed by atoms with Crippen LogP contribution in [-0.4, -0.2) is 10.1 Å². The van der Waals surface area contributed by atoms with Crippen molar-refractivity contribution in [3.05, 3.63) is 41.5 Å². The van der Waals surface area contributed by atoms with Crippen LogP contribution in [0.25, 0.3) is 0 Å². The maximum Gasteiger partial charge on any atom is 0.141 e. The van der Waals surface area contributed by atoms with Crippen molar-refractivity contribution in [2.24, 2.45) is 0 Å². The largest absolute Gasteiger partial charge is 0.381 e. The van der Waals surface area contributed by atoms with Crippen LogP contribution in [0.5, 0.6) is 0 Å². The van der Waals surface area contributed by atoms with E-state index >= 15 is 0 Å². The van der Waals surface area contributed by atoms with Gasteiger partial charge in [-0.3, -0.25) is 4.98 Å². The lowest BCUT2D eigenvalue weighted by molar-refractivity contribution is 0.0907. The molecule has 0 amide bonds. The molecule has 0 radical (unpaired) electrons. The topological polar surface area (TPSA) is 33.1 Å². The number of pyridine rings is 1. The lowest BCUT2D eigenvalue weighted by Gasteiger charge is -2.29. The first-order valence-electron chi connectivity index (χ1n) is 5.63. The Hall–Kier alpha value is -1.22. The second-order valence-corrected chi connectivity index (χ2v) is 4.44. The minimum Gasteiger partial charge on any atom is -0.381 e. The van der Waals surface area contributed by atoms with Crippen molar-refractivity contribution in [3.8, 4) is 0 Å². The predicted molar refractivity (Wildman–Crippen MR) is 60.3 cm³/mol. The van der Waals surface area contributed by atoms with Crippen LogP contribution < -0.4 is 0 Å². The van der Waals surface area contributed by atoms with Gasteiger partial charge in [0.25, 0.3) is 0 Å². The molecule has 0 bridgehead atoms.